The summed E-state index contributed by atoms with van der Waals surface area (Å²) in [6.07, 6.45) is 5.59. The van der Waals surface area contributed by atoms with Gasteiger partial charge in [0, 0.05) is 43.6 Å². The number of rotatable bonds is 1. The Balaban J connectivity index is 1.55. The van der Waals surface area contributed by atoms with Crippen LogP contribution in [-0.2, 0) is 9.59 Å². The highest BCUT2D eigenvalue weighted by Gasteiger charge is 2.42. The number of fused-ring (bicyclic) bond motifs is 2. The van der Waals surface area contributed by atoms with Gasteiger partial charge in [-0.1, -0.05) is 27.2 Å². The fourth-order valence-electron chi connectivity index (χ4n) is 4.85. The lowest BCUT2D eigenvalue weighted by Crippen LogP contribution is -2.55. The van der Waals surface area contributed by atoms with Crippen molar-refractivity contribution in [2.45, 2.75) is 58.9 Å². The number of amides is 2. The van der Waals surface area contributed by atoms with Gasteiger partial charge in [-0.05, 0) is 37.5 Å². The molecule has 3 rings (SSSR count). The van der Waals surface area contributed by atoms with Gasteiger partial charge in [0.2, 0.25) is 11.8 Å². The minimum absolute atomic E-state index is 0.157. The van der Waals surface area contributed by atoms with E-state index in [1.54, 1.807) is 0 Å². The molecular weight excluding hydrogens is 302 g/mol. The highest BCUT2D eigenvalue weighted by molar-refractivity contribution is 5.82. The van der Waals surface area contributed by atoms with Crippen LogP contribution in [0.1, 0.15) is 52.9 Å². The van der Waals surface area contributed by atoms with Crippen molar-refractivity contribution >= 4 is 11.8 Å². The Morgan fingerprint density at radius 1 is 0.917 bits per heavy atom. The molecule has 1 saturated heterocycles. The van der Waals surface area contributed by atoms with Crippen molar-refractivity contribution in [1.82, 2.24) is 9.80 Å². The lowest BCUT2D eigenvalue weighted by molar-refractivity contribution is -0.147. The third kappa shape index (κ3) is 3.46. The van der Waals surface area contributed by atoms with Gasteiger partial charge in [0.25, 0.3) is 0 Å². The molecule has 5 nitrogen and oxygen atoms in total. The van der Waals surface area contributed by atoms with Crippen molar-refractivity contribution in [1.29, 1.82) is 0 Å². The monoisotopic (exact) mass is 335 g/mol. The van der Waals surface area contributed by atoms with E-state index in [0.29, 0.717) is 50.0 Å². The van der Waals surface area contributed by atoms with Crippen molar-refractivity contribution in [3.63, 3.8) is 0 Å². The SMILES string of the molecule is CC(C)(C)C(=O)N1CCN(C(=O)C2CC3CCCC(C2)C3N)CC1. The molecule has 2 saturated carbocycles. The molecule has 24 heavy (non-hydrogen) atoms. The number of hydrogen-bond donors (Lipinski definition) is 1. The molecule has 2 amide bonds. The quantitative estimate of drug-likeness (QED) is 0.795. The van der Waals surface area contributed by atoms with E-state index in [1.807, 2.05) is 30.6 Å². The summed E-state index contributed by atoms with van der Waals surface area (Å²) in [7, 11) is 0. The number of nitrogens with zero attached hydrogens (tertiary/aromatic N) is 2. The van der Waals surface area contributed by atoms with Crippen LogP contribution in [0.5, 0.6) is 0 Å². The zero-order chi connectivity index (χ0) is 17.5. The Hall–Kier alpha value is -1.10. The summed E-state index contributed by atoms with van der Waals surface area (Å²) in [6, 6.07) is 0.309. The van der Waals surface area contributed by atoms with Gasteiger partial charge in [0.05, 0.1) is 0 Å². The predicted octanol–water partition coefficient (Wildman–Crippen LogP) is 1.86. The van der Waals surface area contributed by atoms with Crippen LogP contribution in [-0.4, -0.2) is 53.8 Å². The number of carbonyl (C=O) groups excluding carboxylic acids is 2. The Bertz CT molecular complexity index is 477. The second kappa shape index (κ2) is 6.66. The van der Waals surface area contributed by atoms with Crippen molar-refractivity contribution in [2.24, 2.45) is 28.9 Å². The van der Waals surface area contributed by atoms with Crippen molar-refractivity contribution < 1.29 is 9.59 Å². The van der Waals surface area contributed by atoms with Gasteiger partial charge in [-0.15, -0.1) is 0 Å². The molecule has 0 aromatic heterocycles. The molecule has 0 radical (unpaired) electrons. The minimum atomic E-state index is -0.344. The summed E-state index contributed by atoms with van der Waals surface area (Å²) >= 11 is 0. The largest absolute Gasteiger partial charge is 0.339 e. The first kappa shape index (κ1) is 17.7. The molecule has 0 aromatic carbocycles. The van der Waals surface area contributed by atoms with Crippen LogP contribution < -0.4 is 5.73 Å². The summed E-state index contributed by atoms with van der Waals surface area (Å²) in [5.74, 6) is 1.73. The van der Waals surface area contributed by atoms with E-state index in [4.69, 9.17) is 5.73 Å². The summed E-state index contributed by atoms with van der Waals surface area (Å²) in [5.41, 5.74) is 6.00. The topological polar surface area (TPSA) is 66.6 Å². The Morgan fingerprint density at radius 3 is 1.92 bits per heavy atom. The molecule has 5 heteroatoms. The average Bonchev–Trinajstić information content (AvgIpc) is 2.52. The van der Waals surface area contributed by atoms with E-state index in [9.17, 15) is 9.59 Å². The maximum Gasteiger partial charge on any atom is 0.228 e. The maximum absolute atomic E-state index is 12.9. The molecule has 3 fully saturated rings. The first-order valence-electron chi connectivity index (χ1n) is 9.61. The van der Waals surface area contributed by atoms with Crippen LogP contribution in [0.15, 0.2) is 0 Å². The smallest absolute Gasteiger partial charge is 0.228 e. The van der Waals surface area contributed by atoms with Crippen molar-refractivity contribution in [3.8, 4) is 0 Å². The van der Waals surface area contributed by atoms with E-state index in [2.05, 4.69) is 0 Å². The lowest BCUT2D eigenvalue weighted by Gasteiger charge is -2.45. The Labute approximate surface area is 145 Å². The standard InChI is InChI=1S/C19H33N3O2/c1-19(2,3)18(24)22-9-7-21(8-10-22)17(23)15-11-13-5-4-6-14(12-15)16(13)20/h13-16H,4-12,20H2,1-3H3. The second-order valence-electron chi connectivity index (χ2n) is 9.06. The number of hydrogen-bond acceptors (Lipinski definition) is 3. The molecule has 3 aliphatic rings. The van der Waals surface area contributed by atoms with E-state index >= 15 is 0 Å². The van der Waals surface area contributed by atoms with Gasteiger partial charge < -0.3 is 15.5 Å². The van der Waals surface area contributed by atoms with E-state index in [0.717, 1.165) is 12.8 Å². The molecule has 1 heterocycles. The first-order valence-corrected chi connectivity index (χ1v) is 9.61. The van der Waals surface area contributed by atoms with Gasteiger partial charge in [-0.3, -0.25) is 9.59 Å². The third-order valence-electron chi connectivity index (χ3n) is 6.28. The van der Waals surface area contributed by atoms with Gasteiger partial charge >= 0.3 is 0 Å². The van der Waals surface area contributed by atoms with Crippen LogP contribution in [0.25, 0.3) is 0 Å². The zero-order valence-corrected chi connectivity index (χ0v) is 15.5. The molecule has 136 valence electrons. The third-order valence-corrected chi connectivity index (χ3v) is 6.28. The summed E-state index contributed by atoms with van der Waals surface area (Å²) in [6.45, 7) is 8.56. The Kier molecular flexibility index (Phi) is 4.92. The van der Waals surface area contributed by atoms with Gasteiger partial charge in [-0.25, -0.2) is 0 Å². The molecular formula is C19H33N3O2. The van der Waals surface area contributed by atoms with E-state index in [1.165, 1.54) is 19.3 Å². The van der Waals surface area contributed by atoms with Crippen LogP contribution in [0, 0.1) is 23.2 Å². The number of carbonyl (C=O) groups is 2. The van der Waals surface area contributed by atoms with Crippen molar-refractivity contribution in [3.05, 3.63) is 0 Å². The van der Waals surface area contributed by atoms with Gasteiger partial charge in [-0.2, -0.15) is 0 Å². The molecule has 1 aliphatic heterocycles. The van der Waals surface area contributed by atoms with Gasteiger partial charge in [0.1, 0.15) is 0 Å². The molecule has 2 aliphatic carbocycles. The number of piperazine rings is 1. The minimum Gasteiger partial charge on any atom is -0.339 e. The molecule has 2 bridgehead atoms. The highest BCUT2D eigenvalue weighted by Crippen LogP contribution is 2.42. The van der Waals surface area contributed by atoms with Crippen molar-refractivity contribution in [2.75, 3.05) is 26.2 Å². The van der Waals surface area contributed by atoms with Crippen LogP contribution >= 0.6 is 0 Å². The molecule has 0 aromatic rings. The fourth-order valence-corrected chi connectivity index (χ4v) is 4.85. The Morgan fingerprint density at radius 2 is 1.42 bits per heavy atom. The molecule has 2 atom stereocenters. The van der Waals surface area contributed by atoms with Crippen LogP contribution in [0.4, 0.5) is 0 Å². The zero-order valence-electron chi connectivity index (χ0n) is 15.5. The fraction of sp³-hybridized carbons (Fsp3) is 0.895. The number of nitrogens with two attached hydrogens (primary N) is 1. The molecule has 0 spiro atoms. The second-order valence-corrected chi connectivity index (χ2v) is 9.06. The van der Waals surface area contributed by atoms with E-state index in [-0.39, 0.29) is 17.2 Å². The van der Waals surface area contributed by atoms with Gasteiger partial charge in [0.15, 0.2) is 0 Å². The first-order chi connectivity index (χ1) is 11.3. The van der Waals surface area contributed by atoms with Crippen LogP contribution in [0.2, 0.25) is 0 Å². The lowest BCUT2D eigenvalue weighted by atomic mass is 9.65. The normalized spacial score (nSPS) is 34.2. The summed E-state index contributed by atoms with van der Waals surface area (Å²) < 4.78 is 0. The molecule has 2 unspecified atom stereocenters. The van der Waals surface area contributed by atoms with E-state index < -0.39 is 0 Å². The maximum atomic E-state index is 12.9. The predicted molar refractivity (Wildman–Crippen MR) is 94.1 cm³/mol. The summed E-state index contributed by atoms with van der Waals surface area (Å²) in [5, 5.41) is 0. The molecule has 2 N–H and O–H groups in total. The summed E-state index contributed by atoms with van der Waals surface area (Å²) in [4.78, 5) is 29.2. The highest BCUT2D eigenvalue weighted by atomic mass is 16.2. The average molecular weight is 335 g/mol. The van der Waals surface area contributed by atoms with Crippen LogP contribution in [0.3, 0.4) is 0 Å².